The lowest BCUT2D eigenvalue weighted by Crippen LogP contribution is -2.32. The molecule has 3 nitrogen and oxygen atoms in total. The van der Waals surface area contributed by atoms with Crippen molar-refractivity contribution >= 4 is 17.3 Å². The molecule has 0 unspecified atom stereocenters. The van der Waals surface area contributed by atoms with Crippen LogP contribution in [0.3, 0.4) is 0 Å². The summed E-state index contributed by atoms with van der Waals surface area (Å²) in [7, 11) is 0. The van der Waals surface area contributed by atoms with Crippen LogP contribution in [0.25, 0.3) is 0 Å². The van der Waals surface area contributed by atoms with Crippen LogP contribution in [0.1, 0.15) is 43.7 Å². The van der Waals surface area contributed by atoms with Gasteiger partial charge in [0.1, 0.15) is 0 Å². The summed E-state index contributed by atoms with van der Waals surface area (Å²) < 4.78 is 0. The van der Waals surface area contributed by atoms with E-state index < -0.39 is 0 Å². The Bertz CT molecular complexity index is 691. The Morgan fingerprint density at radius 2 is 1.88 bits per heavy atom. The molecule has 0 radical (unpaired) electrons. The zero-order valence-corrected chi connectivity index (χ0v) is 14.6. The monoisotopic (exact) mass is 322 g/mol. The minimum absolute atomic E-state index is 0.0790. The van der Waals surface area contributed by atoms with Gasteiger partial charge in [0.05, 0.1) is 0 Å². The van der Waals surface area contributed by atoms with Gasteiger partial charge in [0.2, 0.25) is 5.91 Å². The number of nitrogens with zero attached hydrogens (tertiary/aromatic N) is 1. The molecule has 3 rings (SSSR count). The maximum atomic E-state index is 12.2. The van der Waals surface area contributed by atoms with E-state index in [2.05, 4.69) is 60.5 Å². The summed E-state index contributed by atoms with van der Waals surface area (Å²) in [6.07, 6.45) is 2.82. The fourth-order valence-electron chi connectivity index (χ4n) is 3.26. The molecule has 1 amide bonds. The zero-order chi connectivity index (χ0) is 16.9. The summed E-state index contributed by atoms with van der Waals surface area (Å²) in [6.45, 7) is 6.15. The standard InChI is InChI=1S/C21H26N2O/c1-16(2)17-9-11-19(12-10-17)22-21(24)13-15-23-14-5-7-18-6-3-4-8-20(18)23/h3-4,6,8-12,16H,5,7,13-15H2,1-2H3,(H,22,24). The van der Waals surface area contributed by atoms with Crippen molar-refractivity contribution in [3.8, 4) is 0 Å². The fraction of sp³-hybridized carbons (Fsp3) is 0.381. The van der Waals surface area contributed by atoms with E-state index in [0.717, 1.165) is 31.6 Å². The number of carbonyl (C=O) groups is 1. The lowest BCUT2D eigenvalue weighted by molar-refractivity contribution is -0.116. The molecule has 0 saturated carbocycles. The van der Waals surface area contributed by atoms with Crippen molar-refractivity contribution in [1.82, 2.24) is 0 Å². The molecular formula is C21H26N2O. The van der Waals surface area contributed by atoms with E-state index in [-0.39, 0.29) is 5.91 Å². The molecule has 2 aromatic carbocycles. The van der Waals surface area contributed by atoms with Crippen LogP contribution in [0, 0.1) is 0 Å². The first-order valence-electron chi connectivity index (χ1n) is 8.86. The molecule has 3 heteroatoms. The molecule has 0 aromatic heterocycles. The lowest BCUT2D eigenvalue weighted by atomic mass is 10.0. The number of anilines is 2. The predicted octanol–water partition coefficient (Wildman–Crippen LogP) is 4.59. The van der Waals surface area contributed by atoms with Gasteiger partial charge in [-0.15, -0.1) is 0 Å². The molecule has 0 bridgehead atoms. The second-order valence-electron chi connectivity index (χ2n) is 6.79. The highest BCUT2D eigenvalue weighted by Crippen LogP contribution is 2.26. The van der Waals surface area contributed by atoms with Crippen LogP contribution in [0.4, 0.5) is 11.4 Å². The highest BCUT2D eigenvalue weighted by Gasteiger charge is 2.16. The van der Waals surface area contributed by atoms with Gasteiger partial charge in [0.25, 0.3) is 0 Å². The molecule has 1 aliphatic heterocycles. The number of aryl methyl sites for hydroxylation is 1. The van der Waals surface area contributed by atoms with Gasteiger partial charge in [-0.3, -0.25) is 4.79 Å². The van der Waals surface area contributed by atoms with Crippen LogP contribution in [0.15, 0.2) is 48.5 Å². The normalized spacial score (nSPS) is 13.7. The molecule has 0 atom stereocenters. The summed E-state index contributed by atoms with van der Waals surface area (Å²) in [6, 6.07) is 16.7. The van der Waals surface area contributed by atoms with Crippen molar-refractivity contribution in [2.75, 3.05) is 23.3 Å². The van der Waals surface area contributed by atoms with Gasteiger partial charge >= 0.3 is 0 Å². The van der Waals surface area contributed by atoms with Crippen molar-refractivity contribution in [2.45, 2.75) is 39.0 Å². The summed E-state index contributed by atoms with van der Waals surface area (Å²) in [5.41, 5.74) is 4.85. The quantitative estimate of drug-likeness (QED) is 0.873. The maximum Gasteiger partial charge on any atom is 0.226 e. The van der Waals surface area contributed by atoms with E-state index >= 15 is 0 Å². The summed E-state index contributed by atoms with van der Waals surface area (Å²) >= 11 is 0. The van der Waals surface area contributed by atoms with Crippen molar-refractivity contribution in [2.24, 2.45) is 0 Å². The summed E-state index contributed by atoms with van der Waals surface area (Å²) in [4.78, 5) is 14.6. The lowest BCUT2D eigenvalue weighted by Gasteiger charge is -2.31. The van der Waals surface area contributed by atoms with Gasteiger partial charge in [0.15, 0.2) is 0 Å². The smallest absolute Gasteiger partial charge is 0.226 e. The SMILES string of the molecule is CC(C)c1ccc(NC(=O)CCN2CCCc3ccccc32)cc1. The average molecular weight is 322 g/mol. The average Bonchev–Trinajstić information content (AvgIpc) is 2.60. The van der Waals surface area contributed by atoms with E-state index in [1.54, 1.807) is 0 Å². The molecule has 0 aliphatic carbocycles. The number of rotatable bonds is 5. The molecule has 126 valence electrons. The van der Waals surface area contributed by atoms with Crippen LogP contribution in [-0.2, 0) is 11.2 Å². The molecular weight excluding hydrogens is 296 g/mol. The van der Waals surface area contributed by atoms with Crippen molar-refractivity contribution in [3.63, 3.8) is 0 Å². The Labute approximate surface area is 144 Å². The van der Waals surface area contributed by atoms with Gasteiger partial charge in [-0.1, -0.05) is 44.2 Å². The number of benzene rings is 2. The Morgan fingerprint density at radius 3 is 2.62 bits per heavy atom. The molecule has 1 heterocycles. The molecule has 1 N–H and O–H groups in total. The Balaban J connectivity index is 1.55. The summed E-state index contributed by atoms with van der Waals surface area (Å²) in [5.74, 6) is 0.587. The van der Waals surface area contributed by atoms with Gasteiger partial charge in [-0.05, 0) is 48.1 Å². The first-order chi connectivity index (χ1) is 11.6. The minimum Gasteiger partial charge on any atom is -0.371 e. The Morgan fingerprint density at radius 1 is 1.12 bits per heavy atom. The highest BCUT2D eigenvalue weighted by atomic mass is 16.1. The first kappa shape index (κ1) is 16.6. The highest BCUT2D eigenvalue weighted by molar-refractivity contribution is 5.91. The van der Waals surface area contributed by atoms with Gasteiger partial charge < -0.3 is 10.2 Å². The van der Waals surface area contributed by atoms with E-state index in [4.69, 9.17) is 0 Å². The molecule has 0 fully saturated rings. The third-order valence-electron chi connectivity index (χ3n) is 4.68. The van der Waals surface area contributed by atoms with E-state index in [9.17, 15) is 4.79 Å². The second kappa shape index (κ2) is 7.52. The predicted molar refractivity (Wildman–Crippen MR) is 101 cm³/mol. The second-order valence-corrected chi connectivity index (χ2v) is 6.79. The number of nitrogens with one attached hydrogen (secondary N) is 1. The fourth-order valence-corrected chi connectivity index (χ4v) is 3.26. The van der Waals surface area contributed by atoms with Gasteiger partial charge in [-0.25, -0.2) is 0 Å². The van der Waals surface area contributed by atoms with Gasteiger partial charge in [-0.2, -0.15) is 0 Å². The molecule has 1 aliphatic rings. The number of hydrogen-bond acceptors (Lipinski definition) is 2. The van der Waals surface area contributed by atoms with Crippen LogP contribution in [0.5, 0.6) is 0 Å². The van der Waals surface area contributed by atoms with Crippen molar-refractivity contribution < 1.29 is 4.79 Å². The van der Waals surface area contributed by atoms with E-state index in [1.807, 2.05) is 12.1 Å². The molecule has 0 spiro atoms. The molecule has 24 heavy (non-hydrogen) atoms. The number of para-hydroxylation sites is 1. The zero-order valence-electron chi connectivity index (χ0n) is 14.6. The first-order valence-corrected chi connectivity index (χ1v) is 8.86. The largest absolute Gasteiger partial charge is 0.371 e. The number of fused-ring (bicyclic) bond motifs is 1. The summed E-state index contributed by atoms with van der Waals surface area (Å²) in [5, 5.41) is 3.01. The van der Waals surface area contributed by atoms with Crippen LogP contribution in [-0.4, -0.2) is 19.0 Å². The van der Waals surface area contributed by atoms with Crippen molar-refractivity contribution in [3.05, 3.63) is 59.7 Å². The third kappa shape index (κ3) is 3.97. The molecule has 2 aromatic rings. The molecule has 0 saturated heterocycles. The van der Waals surface area contributed by atoms with E-state index in [0.29, 0.717) is 12.3 Å². The number of amides is 1. The third-order valence-corrected chi connectivity index (χ3v) is 4.68. The number of hydrogen-bond donors (Lipinski definition) is 1. The number of carbonyl (C=O) groups excluding carboxylic acids is 1. The van der Waals surface area contributed by atoms with Crippen molar-refractivity contribution in [1.29, 1.82) is 0 Å². The minimum atomic E-state index is 0.0790. The Kier molecular flexibility index (Phi) is 5.19. The Hall–Kier alpha value is -2.29. The van der Waals surface area contributed by atoms with Crippen LogP contribution < -0.4 is 10.2 Å². The van der Waals surface area contributed by atoms with E-state index in [1.165, 1.54) is 16.8 Å². The maximum absolute atomic E-state index is 12.2. The van der Waals surface area contributed by atoms with Crippen LogP contribution in [0.2, 0.25) is 0 Å². The topological polar surface area (TPSA) is 32.3 Å². The van der Waals surface area contributed by atoms with Gasteiger partial charge in [0, 0.05) is 30.9 Å². The van der Waals surface area contributed by atoms with Crippen LogP contribution >= 0.6 is 0 Å².